The highest BCUT2D eigenvalue weighted by molar-refractivity contribution is 5.79. The number of fused-ring (bicyclic) bond motifs is 1. The molecule has 1 fully saturated rings. The fourth-order valence-electron chi connectivity index (χ4n) is 3.92. The normalized spacial score (nSPS) is 17.6. The van der Waals surface area contributed by atoms with Crippen LogP contribution in [0.15, 0.2) is 42.6 Å². The Morgan fingerprint density at radius 2 is 2.08 bits per heavy atom. The van der Waals surface area contributed by atoms with Crippen molar-refractivity contribution >= 4 is 11.6 Å². The molecule has 26 heavy (non-hydrogen) atoms. The van der Waals surface area contributed by atoms with Crippen LogP contribution in [0.5, 0.6) is 0 Å². The molecule has 1 aromatic carbocycles. The van der Waals surface area contributed by atoms with E-state index in [1.807, 2.05) is 46.8 Å². The Hall–Kier alpha value is -2.69. The quantitative estimate of drug-likeness (QED) is 0.726. The molecule has 5 nitrogen and oxygen atoms in total. The van der Waals surface area contributed by atoms with Gasteiger partial charge in [-0.2, -0.15) is 5.10 Å². The summed E-state index contributed by atoms with van der Waals surface area (Å²) in [5, 5.41) is 4.59. The van der Waals surface area contributed by atoms with E-state index in [-0.39, 0.29) is 11.9 Å². The average Bonchev–Trinajstić information content (AvgIpc) is 3.02. The Morgan fingerprint density at radius 3 is 2.92 bits per heavy atom. The highest BCUT2D eigenvalue weighted by Gasteiger charge is 2.30. The highest BCUT2D eigenvalue weighted by atomic mass is 16.2. The number of hydrogen-bond donors (Lipinski definition) is 0. The lowest BCUT2D eigenvalue weighted by molar-refractivity contribution is -0.134. The molecule has 1 saturated heterocycles. The zero-order valence-electron chi connectivity index (χ0n) is 15.4. The molecule has 0 N–H and O–H groups in total. The number of carbonyl (C=O) groups excluding carboxylic acids is 1. The van der Waals surface area contributed by atoms with Crippen LogP contribution in [0, 0.1) is 13.8 Å². The van der Waals surface area contributed by atoms with Gasteiger partial charge in [0.2, 0.25) is 5.91 Å². The van der Waals surface area contributed by atoms with E-state index in [1.165, 1.54) is 5.56 Å². The second-order valence-corrected chi connectivity index (χ2v) is 7.19. The average molecular weight is 348 g/mol. The molecule has 0 radical (unpaired) electrons. The van der Waals surface area contributed by atoms with Gasteiger partial charge in [0.1, 0.15) is 0 Å². The first-order chi connectivity index (χ1) is 12.6. The van der Waals surface area contributed by atoms with E-state index in [0.29, 0.717) is 6.42 Å². The maximum atomic E-state index is 13.1. The summed E-state index contributed by atoms with van der Waals surface area (Å²) < 4.78 is 1.90. The third-order valence-corrected chi connectivity index (χ3v) is 5.11. The number of carbonyl (C=O) groups is 1. The molecular formula is C21H24N4O. The second-order valence-electron chi connectivity index (χ2n) is 7.19. The zero-order valence-corrected chi connectivity index (χ0v) is 15.4. The van der Waals surface area contributed by atoms with Gasteiger partial charge in [-0.1, -0.05) is 29.8 Å². The van der Waals surface area contributed by atoms with Crippen molar-refractivity contribution in [3.8, 4) is 0 Å². The van der Waals surface area contributed by atoms with Crippen LogP contribution < -0.4 is 0 Å². The van der Waals surface area contributed by atoms with E-state index >= 15 is 0 Å². The smallest absolute Gasteiger partial charge is 0.227 e. The van der Waals surface area contributed by atoms with Crippen molar-refractivity contribution in [2.45, 2.75) is 45.6 Å². The number of rotatable bonds is 3. The van der Waals surface area contributed by atoms with Crippen molar-refractivity contribution in [3.05, 3.63) is 65.1 Å². The van der Waals surface area contributed by atoms with E-state index < -0.39 is 0 Å². The van der Waals surface area contributed by atoms with Crippen molar-refractivity contribution < 1.29 is 4.79 Å². The molecule has 0 spiro atoms. The molecule has 3 heterocycles. The van der Waals surface area contributed by atoms with E-state index in [0.717, 1.165) is 48.4 Å². The molecule has 0 saturated carbocycles. The van der Waals surface area contributed by atoms with Gasteiger partial charge < -0.3 is 4.90 Å². The third-order valence-electron chi connectivity index (χ3n) is 5.11. The van der Waals surface area contributed by atoms with Gasteiger partial charge in [0.05, 0.1) is 23.9 Å². The summed E-state index contributed by atoms with van der Waals surface area (Å²) in [5.74, 6) is 0.189. The molecule has 1 aliphatic heterocycles. The maximum absolute atomic E-state index is 13.1. The topological polar surface area (TPSA) is 50.5 Å². The molecule has 0 bridgehead atoms. The molecule has 1 atom stereocenters. The van der Waals surface area contributed by atoms with Gasteiger partial charge in [0.25, 0.3) is 0 Å². The van der Waals surface area contributed by atoms with Gasteiger partial charge in [-0.25, -0.2) is 9.50 Å². The minimum absolute atomic E-state index is 0.0610. The summed E-state index contributed by atoms with van der Waals surface area (Å²) >= 11 is 0. The van der Waals surface area contributed by atoms with Gasteiger partial charge >= 0.3 is 0 Å². The summed E-state index contributed by atoms with van der Waals surface area (Å²) in [6.07, 6.45) is 5.43. The number of nitrogens with zero attached hydrogens (tertiary/aromatic N) is 4. The van der Waals surface area contributed by atoms with Crippen LogP contribution in [-0.4, -0.2) is 31.9 Å². The summed E-state index contributed by atoms with van der Waals surface area (Å²) in [6.45, 7) is 4.84. The molecule has 4 rings (SSSR count). The van der Waals surface area contributed by atoms with Crippen molar-refractivity contribution in [2.24, 2.45) is 0 Å². The van der Waals surface area contributed by atoms with E-state index in [2.05, 4.69) is 29.1 Å². The van der Waals surface area contributed by atoms with Crippen LogP contribution in [0.2, 0.25) is 0 Å². The van der Waals surface area contributed by atoms with Gasteiger partial charge in [0.15, 0.2) is 5.65 Å². The number of piperidine rings is 1. The lowest BCUT2D eigenvalue weighted by atomic mass is 9.97. The first-order valence-corrected chi connectivity index (χ1v) is 9.28. The first-order valence-electron chi connectivity index (χ1n) is 9.28. The number of amides is 1. The van der Waals surface area contributed by atoms with Crippen LogP contribution in [-0.2, 0) is 11.2 Å². The Kier molecular flexibility index (Phi) is 4.45. The largest absolute Gasteiger partial charge is 0.334 e. The van der Waals surface area contributed by atoms with E-state index in [1.54, 1.807) is 0 Å². The third kappa shape index (κ3) is 3.21. The molecule has 134 valence electrons. The Morgan fingerprint density at radius 1 is 1.19 bits per heavy atom. The summed E-state index contributed by atoms with van der Waals surface area (Å²) in [4.78, 5) is 19.5. The molecular weight excluding hydrogens is 324 g/mol. The van der Waals surface area contributed by atoms with Crippen molar-refractivity contribution in [1.82, 2.24) is 19.5 Å². The Labute approximate surface area is 153 Å². The predicted molar refractivity (Wildman–Crippen MR) is 101 cm³/mol. The van der Waals surface area contributed by atoms with Crippen molar-refractivity contribution in [2.75, 3.05) is 6.54 Å². The van der Waals surface area contributed by atoms with Crippen LogP contribution >= 0.6 is 0 Å². The van der Waals surface area contributed by atoms with Crippen LogP contribution in [0.25, 0.3) is 5.65 Å². The fraction of sp³-hybridized carbons (Fsp3) is 0.381. The van der Waals surface area contributed by atoms with Crippen LogP contribution in [0.3, 0.4) is 0 Å². The lowest BCUT2D eigenvalue weighted by Gasteiger charge is -2.36. The monoisotopic (exact) mass is 348 g/mol. The number of benzene rings is 1. The minimum atomic E-state index is 0.0610. The second kappa shape index (κ2) is 6.90. The summed E-state index contributed by atoms with van der Waals surface area (Å²) in [6, 6.07) is 12.2. The highest BCUT2D eigenvalue weighted by Crippen LogP contribution is 2.31. The molecule has 1 unspecified atom stereocenters. The molecule has 0 aliphatic carbocycles. The van der Waals surface area contributed by atoms with Gasteiger partial charge in [-0.15, -0.1) is 0 Å². The number of hydrogen-bond acceptors (Lipinski definition) is 3. The molecule has 3 aromatic rings. The van der Waals surface area contributed by atoms with E-state index in [9.17, 15) is 4.79 Å². The number of aromatic nitrogens is 3. The first kappa shape index (κ1) is 16.8. The van der Waals surface area contributed by atoms with E-state index in [4.69, 9.17) is 0 Å². The number of aryl methyl sites for hydroxylation is 2. The zero-order chi connectivity index (χ0) is 18.1. The SMILES string of the molecule is Cc1cccc(CC(=O)N2CCCCC2c2ccnc3cc(C)nn23)c1. The van der Waals surface area contributed by atoms with Gasteiger partial charge in [0, 0.05) is 18.8 Å². The Bertz CT molecular complexity index is 946. The molecule has 1 aliphatic rings. The fourth-order valence-corrected chi connectivity index (χ4v) is 3.92. The van der Waals surface area contributed by atoms with Gasteiger partial charge in [-0.05, 0) is 44.7 Å². The molecule has 2 aromatic heterocycles. The Balaban J connectivity index is 1.64. The predicted octanol–water partition coefficient (Wildman–Crippen LogP) is 3.64. The minimum Gasteiger partial charge on any atom is -0.334 e. The van der Waals surface area contributed by atoms with Crippen LogP contribution in [0.1, 0.15) is 47.8 Å². The number of likely N-dealkylation sites (tertiary alicyclic amines) is 1. The maximum Gasteiger partial charge on any atom is 0.227 e. The summed E-state index contributed by atoms with van der Waals surface area (Å²) in [7, 11) is 0. The lowest BCUT2D eigenvalue weighted by Crippen LogP contribution is -2.40. The van der Waals surface area contributed by atoms with Crippen molar-refractivity contribution in [3.63, 3.8) is 0 Å². The molecule has 1 amide bonds. The molecule has 5 heteroatoms. The van der Waals surface area contributed by atoms with Crippen LogP contribution in [0.4, 0.5) is 0 Å². The standard InChI is InChI=1S/C21H24N4O/c1-15-6-5-7-17(12-15)14-21(26)24-11-4-3-8-18(24)19-9-10-22-20-13-16(2)23-25(19)20/h5-7,9-10,12-13,18H,3-4,8,11,14H2,1-2H3. The van der Waals surface area contributed by atoms with Crippen molar-refractivity contribution in [1.29, 1.82) is 0 Å². The summed E-state index contributed by atoms with van der Waals surface area (Å²) in [5.41, 5.74) is 5.11. The van der Waals surface area contributed by atoms with Gasteiger partial charge in [-0.3, -0.25) is 4.79 Å².